The van der Waals surface area contributed by atoms with Crippen LogP contribution in [-0.2, 0) is 12.1 Å². The number of hydrogen-bond acceptors (Lipinski definition) is 1. The molecule has 0 fully saturated rings. The number of rotatable bonds is 4. The van der Waals surface area contributed by atoms with Gasteiger partial charge in [-0.3, -0.25) is 0 Å². The van der Waals surface area contributed by atoms with Crippen molar-refractivity contribution in [1.82, 2.24) is 0 Å². The summed E-state index contributed by atoms with van der Waals surface area (Å²) in [5, 5.41) is 0. The molecule has 2 N–H and O–H groups in total. The first-order valence-corrected chi connectivity index (χ1v) is 5.44. The van der Waals surface area contributed by atoms with Gasteiger partial charge < -0.3 is 5.73 Å². The van der Waals surface area contributed by atoms with Crippen LogP contribution in [-0.4, -0.2) is 6.54 Å². The molecule has 0 radical (unpaired) electrons. The van der Waals surface area contributed by atoms with Gasteiger partial charge in [0.1, 0.15) is 5.67 Å². The highest BCUT2D eigenvalue weighted by atomic mass is 19.1. The van der Waals surface area contributed by atoms with Crippen molar-refractivity contribution in [2.75, 3.05) is 6.54 Å². The van der Waals surface area contributed by atoms with Crippen molar-refractivity contribution in [2.45, 2.75) is 32.9 Å². The van der Waals surface area contributed by atoms with E-state index in [2.05, 4.69) is 13.8 Å². The third-order valence-corrected chi connectivity index (χ3v) is 2.58. The lowest BCUT2D eigenvalue weighted by Crippen LogP contribution is -2.26. The van der Waals surface area contributed by atoms with Crippen LogP contribution in [0.25, 0.3) is 0 Å². The maximum Gasteiger partial charge on any atom is 0.145 e. The molecule has 1 aromatic rings. The Bertz CT molecular complexity index is 301. The summed E-state index contributed by atoms with van der Waals surface area (Å²) < 4.78 is 13.8. The molecule has 0 aliphatic heterocycles. The normalized spacial score (nSPS) is 15.3. The van der Waals surface area contributed by atoms with Crippen molar-refractivity contribution < 1.29 is 4.39 Å². The third kappa shape index (κ3) is 3.31. The number of halogens is 1. The summed E-state index contributed by atoms with van der Waals surface area (Å²) in [7, 11) is 0. The van der Waals surface area contributed by atoms with Crippen LogP contribution in [0.1, 0.15) is 31.9 Å². The standard InChI is InChI=1S/C13H20FN/c1-10(2)8-11-4-6-12(7-5-11)13(3,14)9-15/h4-7,10H,8-9,15H2,1-3H3. The van der Waals surface area contributed by atoms with Crippen molar-refractivity contribution in [3.05, 3.63) is 35.4 Å². The van der Waals surface area contributed by atoms with E-state index in [1.54, 1.807) is 0 Å². The first kappa shape index (κ1) is 12.2. The molecular formula is C13H20FN. The Labute approximate surface area is 91.5 Å². The predicted octanol–water partition coefficient (Wildman–Crippen LogP) is 3.03. The summed E-state index contributed by atoms with van der Waals surface area (Å²) in [6.07, 6.45) is 1.03. The molecule has 1 rings (SSSR count). The minimum Gasteiger partial charge on any atom is -0.327 e. The van der Waals surface area contributed by atoms with E-state index in [4.69, 9.17) is 5.73 Å². The highest BCUT2D eigenvalue weighted by Gasteiger charge is 2.23. The number of hydrogen-bond donors (Lipinski definition) is 1. The first-order chi connectivity index (χ1) is 6.95. The van der Waals surface area contributed by atoms with Crippen molar-refractivity contribution in [3.63, 3.8) is 0 Å². The van der Waals surface area contributed by atoms with Gasteiger partial charge in [0, 0.05) is 6.54 Å². The minimum atomic E-state index is -1.41. The highest BCUT2D eigenvalue weighted by Crippen LogP contribution is 2.24. The van der Waals surface area contributed by atoms with Gasteiger partial charge in [-0.1, -0.05) is 38.1 Å². The van der Waals surface area contributed by atoms with Crippen LogP contribution >= 0.6 is 0 Å². The third-order valence-electron chi connectivity index (χ3n) is 2.58. The van der Waals surface area contributed by atoms with Gasteiger partial charge in [0.25, 0.3) is 0 Å². The SMILES string of the molecule is CC(C)Cc1ccc(C(C)(F)CN)cc1. The number of benzene rings is 1. The van der Waals surface area contributed by atoms with E-state index in [1.807, 2.05) is 24.3 Å². The van der Waals surface area contributed by atoms with E-state index in [-0.39, 0.29) is 6.54 Å². The molecule has 1 nitrogen and oxygen atoms in total. The van der Waals surface area contributed by atoms with E-state index < -0.39 is 5.67 Å². The Morgan fingerprint density at radius 1 is 1.27 bits per heavy atom. The zero-order chi connectivity index (χ0) is 11.5. The van der Waals surface area contributed by atoms with Gasteiger partial charge in [-0.25, -0.2) is 4.39 Å². The van der Waals surface area contributed by atoms with Gasteiger partial charge in [-0.2, -0.15) is 0 Å². The molecule has 0 aliphatic carbocycles. The highest BCUT2D eigenvalue weighted by molar-refractivity contribution is 5.27. The summed E-state index contributed by atoms with van der Waals surface area (Å²) in [5.41, 5.74) is 5.89. The summed E-state index contributed by atoms with van der Waals surface area (Å²) in [6.45, 7) is 5.89. The van der Waals surface area contributed by atoms with E-state index >= 15 is 0 Å². The van der Waals surface area contributed by atoms with Crippen molar-refractivity contribution in [2.24, 2.45) is 11.7 Å². The Morgan fingerprint density at radius 3 is 2.20 bits per heavy atom. The molecule has 84 valence electrons. The van der Waals surface area contributed by atoms with Crippen molar-refractivity contribution >= 4 is 0 Å². The first-order valence-electron chi connectivity index (χ1n) is 5.44. The maximum absolute atomic E-state index is 13.8. The summed E-state index contributed by atoms with van der Waals surface area (Å²) in [5.74, 6) is 0.627. The molecule has 0 saturated heterocycles. The van der Waals surface area contributed by atoms with Gasteiger partial charge in [0.05, 0.1) is 0 Å². The van der Waals surface area contributed by atoms with Gasteiger partial charge in [-0.05, 0) is 30.4 Å². The van der Waals surface area contributed by atoms with Crippen LogP contribution in [0.2, 0.25) is 0 Å². The molecule has 0 saturated carbocycles. The second kappa shape index (κ2) is 4.75. The smallest absolute Gasteiger partial charge is 0.145 e. The Balaban J connectivity index is 2.81. The largest absolute Gasteiger partial charge is 0.327 e. The van der Waals surface area contributed by atoms with Crippen LogP contribution in [0.5, 0.6) is 0 Å². The Morgan fingerprint density at radius 2 is 1.80 bits per heavy atom. The van der Waals surface area contributed by atoms with Gasteiger partial charge in [-0.15, -0.1) is 0 Å². The van der Waals surface area contributed by atoms with Crippen molar-refractivity contribution in [3.8, 4) is 0 Å². The minimum absolute atomic E-state index is 0.0243. The second-order valence-corrected chi connectivity index (χ2v) is 4.70. The fourth-order valence-electron chi connectivity index (χ4n) is 1.58. The van der Waals surface area contributed by atoms with Crippen LogP contribution in [0.15, 0.2) is 24.3 Å². The lowest BCUT2D eigenvalue weighted by molar-refractivity contribution is 0.203. The maximum atomic E-state index is 13.8. The summed E-state index contributed by atoms with van der Waals surface area (Å²) in [6, 6.07) is 7.65. The number of nitrogens with two attached hydrogens (primary N) is 1. The molecule has 0 heterocycles. The molecule has 0 spiro atoms. The lowest BCUT2D eigenvalue weighted by Gasteiger charge is -2.18. The quantitative estimate of drug-likeness (QED) is 0.810. The molecular weight excluding hydrogens is 189 g/mol. The predicted molar refractivity (Wildman–Crippen MR) is 62.5 cm³/mol. The fraction of sp³-hybridized carbons (Fsp3) is 0.538. The molecule has 2 heteroatoms. The van der Waals surface area contributed by atoms with Crippen LogP contribution in [0, 0.1) is 5.92 Å². The van der Waals surface area contributed by atoms with Gasteiger partial charge >= 0.3 is 0 Å². The average molecular weight is 209 g/mol. The van der Waals surface area contributed by atoms with Crippen LogP contribution in [0.4, 0.5) is 4.39 Å². The fourth-order valence-corrected chi connectivity index (χ4v) is 1.58. The monoisotopic (exact) mass is 209 g/mol. The van der Waals surface area contributed by atoms with Crippen molar-refractivity contribution in [1.29, 1.82) is 0 Å². The van der Waals surface area contributed by atoms with E-state index in [9.17, 15) is 4.39 Å². The molecule has 0 aliphatic rings. The van der Waals surface area contributed by atoms with E-state index in [0.29, 0.717) is 11.5 Å². The number of alkyl halides is 1. The summed E-state index contributed by atoms with van der Waals surface area (Å²) in [4.78, 5) is 0. The molecule has 1 aromatic carbocycles. The van der Waals surface area contributed by atoms with E-state index in [1.165, 1.54) is 12.5 Å². The topological polar surface area (TPSA) is 26.0 Å². The molecule has 0 aromatic heterocycles. The summed E-state index contributed by atoms with van der Waals surface area (Å²) >= 11 is 0. The zero-order valence-electron chi connectivity index (χ0n) is 9.76. The Kier molecular flexibility index (Phi) is 3.86. The van der Waals surface area contributed by atoms with Gasteiger partial charge in [0.15, 0.2) is 0 Å². The lowest BCUT2D eigenvalue weighted by atomic mass is 9.95. The molecule has 15 heavy (non-hydrogen) atoms. The van der Waals surface area contributed by atoms with Crippen LogP contribution in [0.3, 0.4) is 0 Å². The van der Waals surface area contributed by atoms with E-state index in [0.717, 1.165) is 6.42 Å². The second-order valence-electron chi connectivity index (χ2n) is 4.70. The van der Waals surface area contributed by atoms with Crippen LogP contribution < -0.4 is 5.73 Å². The van der Waals surface area contributed by atoms with Gasteiger partial charge in [0.2, 0.25) is 0 Å². The Hall–Kier alpha value is -0.890. The molecule has 0 bridgehead atoms. The molecule has 1 atom stereocenters. The molecule has 1 unspecified atom stereocenters. The zero-order valence-corrected chi connectivity index (χ0v) is 9.76. The average Bonchev–Trinajstić information content (AvgIpc) is 2.18. The molecule has 0 amide bonds.